The third-order valence-corrected chi connectivity index (χ3v) is 2.94. The van der Waals surface area contributed by atoms with Crippen LogP contribution in [0.2, 0.25) is 0 Å². The molecule has 0 saturated heterocycles. The molecule has 1 fully saturated rings. The van der Waals surface area contributed by atoms with Gasteiger partial charge < -0.3 is 10.6 Å². The Balaban J connectivity index is 1.87. The second kappa shape index (κ2) is 7.24. The van der Waals surface area contributed by atoms with Crippen molar-refractivity contribution in [3.63, 3.8) is 0 Å². The summed E-state index contributed by atoms with van der Waals surface area (Å²) in [4.78, 5) is 0. The van der Waals surface area contributed by atoms with Gasteiger partial charge in [-0.1, -0.05) is 33.1 Å². The molecule has 84 valence electrons. The maximum Gasteiger partial charge on any atom is 0.00670 e. The van der Waals surface area contributed by atoms with Crippen molar-refractivity contribution >= 4 is 0 Å². The molecule has 0 unspecified atom stereocenters. The van der Waals surface area contributed by atoms with Gasteiger partial charge in [-0.15, -0.1) is 0 Å². The third-order valence-electron chi connectivity index (χ3n) is 2.94. The lowest BCUT2D eigenvalue weighted by Crippen LogP contribution is -2.33. The molecule has 2 N–H and O–H groups in total. The molecule has 2 nitrogen and oxygen atoms in total. The first-order valence-electron chi connectivity index (χ1n) is 6.26. The molecule has 2 heteroatoms. The fourth-order valence-electron chi connectivity index (χ4n) is 2.09. The van der Waals surface area contributed by atoms with Gasteiger partial charge in [0.2, 0.25) is 0 Å². The van der Waals surface area contributed by atoms with Crippen LogP contribution in [0.25, 0.3) is 0 Å². The van der Waals surface area contributed by atoms with Crippen molar-refractivity contribution < 1.29 is 0 Å². The minimum atomic E-state index is 0.629. The largest absolute Gasteiger partial charge is 0.314 e. The van der Waals surface area contributed by atoms with Gasteiger partial charge in [-0.3, -0.25) is 0 Å². The number of hydrogen-bond donors (Lipinski definition) is 2. The van der Waals surface area contributed by atoms with E-state index in [0.717, 1.165) is 12.6 Å². The quantitative estimate of drug-likeness (QED) is 0.640. The molecule has 0 aliphatic heterocycles. The number of nitrogens with one attached hydrogen (secondary N) is 2. The summed E-state index contributed by atoms with van der Waals surface area (Å²) >= 11 is 0. The van der Waals surface area contributed by atoms with Crippen LogP contribution in [0.3, 0.4) is 0 Å². The molecular formula is C12H26N2. The average Bonchev–Trinajstić information content (AvgIpc) is 2.18. The highest BCUT2D eigenvalue weighted by Gasteiger charge is 2.11. The Morgan fingerprint density at radius 2 is 1.79 bits per heavy atom. The van der Waals surface area contributed by atoms with Crippen molar-refractivity contribution in [2.45, 2.75) is 64.5 Å². The molecule has 0 aromatic carbocycles. The van der Waals surface area contributed by atoms with Gasteiger partial charge in [-0.05, 0) is 32.4 Å². The van der Waals surface area contributed by atoms with Crippen LogP contribution in [0.5, 0.6) is 0 Å². The summed E-state index contributed by atoms with van der Waals surface area (Å²) in [6, 6.07) is 1.45. The lowest BCUT2D eigenvalue weighted by molar-refractivity contribution is 0.370. The van der Waals surface area contributed by atoms with Crippen LogP contribution in [0.15, 0.2) is 0 Å². The van der Waals surface area contributed by atoms with E-state index in [-0.39, 0.29) is 0 Å². The Kier molecular flexibility index (Phi) is 6.20. The molecule has 0 aromatic heterocycles. The third kappa shape index (κ3) is 5.61. The molecule has 0 bridgehead atoms. The van der Waals surface area contributed by atoms with E-state index in [1.54, 1.807) is 0 Å². The van der Waals surface area contributed by atoms with Crippen LogP contribution in [0.1, 0.15) is 52.4 Å². The monoisotopic (exact) mass is 198 g/mol. The summed E-state index contributed by atoms with van der Waals surface area (Å²) in [5.74, 6) is 0. The Labute approximate surface area is 88.8 Å². The van der Waals surface area contributed by atoms with Crippen LogP contribution in [-0.2, 0) is 0 Å². The van der Waals surface area contributed by atoms with Crippen molar-refractivity contribution in [1.29, 1.82) is 0 Å². The Hall–Kier alpha value is -0.0800. The maximum atomic E-state index is 3.66. The first-order chi connectivity index (χ1) is 6.79. The maximum absolute atomic E-state index is 3.66. The van der Waals surface area contributed by atoms with E-state index in [1.807, 2.05) is 0 Å². The molecule has 1 saturated carbocycles. The molecule has 0 aromatic rings. The second-order valence-corrected chi connectivity index (χ2v) is 4.75. The first-order valence-corrected chi connectivity index (χ1v) is 6.26. The molecular weight excluding hydrogens is 172 g/mol. The van der Waals surface area contributed by atoms with Gasteiger partial charge in [0.25, 0.3) is 0 Å². The summed E-state index contributed by atoms with van der Waals surface area (Å²) in [5, 5.41) is 7.10. The zero-order valence-corrected chi connectivity index (χ0v) is 9.81. The second-order valence-electron chi connectivity index (χ2n) is 4.75. The van der Waals surface area contributed by atoms with Crippen LogP contribution in [0.4, 0.5) is 0 Å². The average molecular weight is 198 g/mol. The Morgan fingerprint density at radius 1 is 1.07 bits per heavy atom. The lowest BCUT2D eigenvalue weighted by Gasteiger charge is -2.22. The van der Waals surface area contributed by atoms with Gasteiger partial charge in [-0.25, -0.2) is 0 Å². The summed E-state index contributed by atoms with van der Waals surface area (Å²) in [6.45, 7) is 6.74. The number of rotatable bonds is 6. The van der Waals surface area contributed by atoms with E-state index in [1.165, 1.54) is 45.1 Å². The molecule has 1 rings (SSSR count). The van der Waals surface area contributed by atoms with Gasteiger partial charge in [0, 0.05) is 12.1 Å². The Bertz CT molecular complexity index is 128. The SMILES string of the molecule is CC(C)NCCCNC1CCCCC1. The van der Waals surface area contributed by atoms with Crippen LogP contribution in [0, 0.1) is 0 Å². The molecule has 1 aliphatic carbocycles. The van der Waals surface area contributed by atoms with Crippen molar-refractivity contribution in [2.24, 2.45) is 0 Å². The van der Waals surface area contributed by atoms with Crippen molar-refractivity contribution in [2.75, 3.05) is 13.1 Å². The molecule has 0 atom stereocenters. The number of hydrogen-bond acceptors (Lipinski definition) is 2. The normalized spacial score (nSPS) is 19.1. The van der Waals surface area contributed by atoms with Crippen molar-refractivity contribution in [3.8, 4) is 0 Å². The molecule has 1 aliphatic rings. The highest BCUT2D eigenvalue weighted by Crippen LogP contribution is 2.16. The summed E-state index contributed by atoms with van der Waals surface area (Å²) < 4.78 is 0. The summed E-state index contributed by atoms with van der Waals surface area (Å²) in [6.07, 6.45) is 8.38. The van der Waals surface area contributed by atoms with E-state index in [9.17, 15) is 0 Å². The highest BCUT2D eigenvalue weighted by molar-refractivity contribution is 4.71. The van der Waals surface area contributed by atoms with Crippen LogP contribution >= 0.6 is 0 Å². The molecule has 0 amide bonds. The zero-order valence-electron chi connectivity index (χ0n) is 9.81. The van der Waals surface area contributed by atoms with Crippen molar-refractivity contribution in [3.05, 3.63) is 0 Å². The van der Waals surface area contributed by atoms with Crippen LogP contribution < -0.4 is 10.6 Å². The van der Waals surface area contributed by atoms with Crippen LogP contribution in [-0.4, -0.2) is 25.2 Å². The fraction of sp³-hybridized carbons (Fsp3) is 1.00. The first kappa shape index (κ1) is 12.0. The van der Waals surface area contributed by atoms with Gasteiger partial charge in [0.15, 0.2) is 0 Å². The molecule has 0 radical (unpaired) electrons. The van der Waals surface area contributed by atoms with E-state index in [2.05, 4.69) is 24.5 Å². The van der Waals surface area contributed by atoms with Gasteiger partial charge in [-0.2, -0.15) is 0 Å². The van der Waals surface area contributed by atoms with E-state index in [0.29, 0.717) is 6.04 Å². The topological polar surface area (TPSA) is 24.1 Å². The molecule has 0 heterocycles. The summed E-state index contributed by atoms with van der Waals surface area (Å²) in [7, 11) is 0. The minimum Gasteiger partial charge on any atom is -0.314 e. The van der Waals surface area contributed by atoms with E-state index >= 15 is 0 Å². The molecule has 14 heavy (non-hydrogen) atoms. The van der Waals surface area contributed by atoms with Crippen molar-refractivity contribution in [1.82, 2.24) is 10.6 Å². The Morgan fingerprint density at radius 3 is 2.43 bits per heavy atom. The van der Waals surface area contributed by atoms with Gasteiger partial charge >= 0.3 is 0 Å². The lowest BCUT2D eigenvalue weighted by atomic mass is 9.95. The standard InChI is InChI=1S/C12H26N2/c1-11(2)13-9-6-10-14-12-7-4-3-5-8-12/h11-14H,3-10H2,1-2H3. The summed E-state index contributed by atoms with van der Waals surface area (Å²) in [5.41, 5.74) is 0. The zero-order chi connectivity index (χ0) is 10.2. The smallest absolute Gasteiger partial charge is 0.00670 e. The predicted octanol–water partition coefficient (Wildman–Crippen LogP) is 2.30. The van der Waals surface area contributed by atoms with E-state index in [4.69, 9.17) is 0 Å². The van der Waals surface area contributed by atoms with Gasteiger partial charge in [0.1, 0.15) is 0 Å². The highest BCUT2D eigenvalue weighted by atomic mass is 14.9. The fourth-order valence-corrected chi connectivity index (χ4v) is 2.09. The minimum absolute atomic E-state index is 0.629. The molecule has 0 spiro atoms. The van der Waals surface area contributed by atoms with E-state index < -0.39 is 0 Å². The van der Waals surface area contributed by atoms with Gasteiger partial charge in [0.05, 0.1) is 0 Å². The predicted molar refractivity (Wildman–Crippen MR) is 62.6 cm³/mol.